The molecule has 0 aliphatic carbocycles. The predicted molar refractivity (Wildman–Crippen MR) is 110 cm³/mol. The van der Waals surface area contributed by atoms with E-state index in [1.54, 1.807) is 0 Å². The first kappa shape index (κ1) is 28.5. The highest BCUT2D eigenvalue weighted by atomic mass is 31.2. The van der Waals surface area contributed by atoms with Crippen molar-refractivity contribution in [3.8, 4) is 0 Å². The number of hydrogen-bond donors (Lipinski definition) is 1. The number of carbonyl (C=O) groups is 1. The lowest BCUT2D eigenvalue weighted by Gasteiger charge is -2.30. The van der Waals surface area contributed by atoms with Gasteiger partial charge >= 0.3 is 5.97 Å². The average Bonchev–Trinajstić information content (AvgIpc) is 2.67. The molecule has 0 amide bonds. The number of ether oxygens (including phenoxy) is 1. The Labute approximate surface area is 176 Å². The van der Waals surface area contributed by atoms with E-state index in [2.05, 4.69) is 11.4 Å². The summed E-state index contributed by atoms with van der Waals surface area (Å²) in [4.78, 5) is 32.4. The topological polar surface area (TPSA) is 119 Å². The summed E-state index contributed by atoms with van der Waals surface area (Å²) in [6.07, 6.45) is 17.7. The van der Waals surface area contributed by atoms with Crippen LogP contribution in [0, 0.1) is 0 Å². The van der Waals surface area contributed by atoms with Crippen LogP contribution in [-0.2, 0) is 18.6 Å². The molecule has 0 bridgehead atoms. The lowest BCUT2D eigenvalue weighted by Crippen LogP contribution is -2.29. The zero-order valence-corrected chi connectivity index (χ0v) is 19.0. The van der Waals surface area contributed by atoms with Gasteiger partial charge in [0.1, 0.15) is 6.10 Å². The molecule has 1 atom stereocenters. The minimum Gasteiger partial charge on any atom is -0.790 e. The minimum atomic E-state index is -5.13. The molecule has 8 heteroatoms. The fourth-order valence-corrected chi connectivity index (χ4v) is 3.53. The summed E-state index contributed by atoms with van der Waals surface area (Å²) in [5.74, 6) is -0.519. The lowest BCUT2D eigenvalue weighted by atomic mass is 10.0. The molecule has 1 N–H and O–H groups in total. The van der Waals surface area contributed by atoms with Gasteiger partial charge in [-0.25, -0.2) is 0 Å². The van der Waals surface area contributed by atoms with Gasteiger partial charge in [0.2, 0.25) is 0 Å². The Morgan fingerprint density at radius 2 is 1.24 bits per heavy atom. The van der Waals surface area contributed by atoms with Crippen LogP contribution in [0.5, 0.6) is 0 Å². The Balaban J connectivity index is 3.41. The van der Waals surface area contributed by atoms with Crippen molar-refractivity contribution in [2.45, 2.75) is 116 Å². The second kappa shape index (κ2) is 19.5. The number of phosphoric ester groups is 1. The van der Waals surface area contributed by atoms with Gasteiger partial charge < -0.3 is 28.7 Å². The molecule has 0 heterocycles. The number of unbranched alkanes of at least 4 members (excludes halogenated alkanes) is 14. The molecule has 0 unspecified atom stereocenters. The van der Waals surface area contributed by atoms with Crippen LogP contribution in [0.3, 0.4) is 0 Å². The molecule has 0 aliphatic heterocycles. The van der Waals surface area contributed by atoms with Crippen LogP contribution in [0.15, 0.2) is 0 Å². The van der Waals surface area contributed by atoms with Gasteiger partial charge in [0.15, 0.2) is 0 Å². The van der Waals surface area contributed by atoms with Gasteiger partial charge in [0.05, 0.1) is 21.0 Å². The fraction of sp³-hybridized carbons (Fsp3) is 0.952. The standard InChI is InChI=1S/C21H43O7P/c1-2-3-4-5-6-7-8-9-10-11-12-13-14-15-16-17-21(23)28-20(18-22)19-27-29(24,25)26/h20,22H,2-19H2,1H3,(H2,24,25,26)/p-2/t20-/m1/s1. The van der Waals surface area contributed by atoms with Crippen LogP contribution in [0.2, 0.25) is 0 Å². The highest BCUT2D eigenvalue weighted by Gasteiger charge is 2.14. The molecule has 174 valence electrons. The van der Waals surface area contributed by atoms with Crippen LogP contribution in [-0.4, -0.2) is 30.4 Å². The van der Waals surface area contributed by atoms with Crippen molar-refractivity contribution in [3.05, 3.63) is 0 Å². The summed E-state index contributed by atoms with van der Waals surface area (Å²) < 4.78 is 19.3. The molecule has 0 aromatic rings. The third-order valence-corrected chi connectivity index (χ3v) is 5.37. The van der Waals surface area contributed by atoms with Gasteiger partial charge in [-0.3, -0.25) is 4.79 Å². The average molecular weight is 437 g/mol. The molecule has 0 spiro atoms. The van der Waals surface area contributed by atoms with Gasteiger partial charge in [-0.2, -0.15) is 0 Å². The third-order valence-electron chi connectivity index (χ3n) is 4.90. The Bertz CT molecular complexity index is 425. The highest BCUT2D eigenvalue weighted by molar-refractivity contribution is 7.43. The summed E-state index contributed by atoms with van der Waals surface area (Å²) in [6, 6.07) is 0. The van der Waals surface area contributed by atoms with Crippen LogP contribution in [0.4, 0.5) is 0 Å². The Hall–Kier alpha value is -0.460. The van der Waals surface area contributed by atoms with E-state index in [9.17, 15) is 19.1 Å². The van der Waals surface area contributed by atoms with Gasteiger partial charge in [0.25, 0.3) is 0 Å². The van der Waals surface area contributed by atoms with E-state index >= 15 is 0 Å². The smallest absolute Gasteiger partial charge is 0.306 e. The number of rotatable bonds is 21. The SMILES string of the molecule is CCCCCCCCCCCCCCCCCC(=O)O[C@H](CO)COP(=O)([O-])[O-]. The third kappa shape index (κ3) is 22.1. The van der Waals surface area contributed by atoms with E-state index in [4.69, 9.17) is 9.84 Å². The van der Waals surface area contributed by atoms with Crippen molar-refractivity contribution < 1.29 is 33.5 Å². The maximum atomic E-state index is 11.7. The minimum absolute atomic E-state index is 0.209. The molecule has 0 aliphatic rings. The summed E-state index contributed by atoms with van der Waals surface area (Å²) >= 11 is 0. The molecule has 0 aromatic carbocycles. The number of phosphoric acid groups is 1. The van der Waals surface area contributed by atoms with Gasteiger partial charge in [-0.05, 0) is 6.42 Å². The first-order chi connectivity index (χ1) is 13.9. The van der Waals surface area contributed by atoms with E-state index in [-0.39, 0.29) is 6.42 Å². The number of aliphatic hydroxyl groups excluding tert-OH is 1. The second-order valence-electron chi connectivity index (χ2n) is 7.74. The van der Waals surface area contributed by atoms with E-state index in [0.717, 1.165) is 12.8 Å². The van der Waals surface area contributed by atoms with Crippen LogP contribution in [0.1, 0.15) is 110 Å². The van der Waals surface area contributed by atoms with Gasteiger partial charge in [0, 0.05) is 6.42 Å². The van der Waals surface area contributed by atoms with Gasteiger partial charge in [-0.1, -0.05) is 96.8 Å². The first-order valence-corrected chi connectivity index (χ1v) is 12.8. The fourth-order valence-electron chi connectivity index (χ4n) is 3.18. The van der Waals surface area contributed by atoms with Crippen molar-refractivity contribution in [2.24, 2.45) is 0 Å². The normalized spacial score (nSPS) is 12.8. The maximum absolute atomic E-state index is 11.7. The van der Waals surface area contributed by atoms with Crippen molar-refractivity contribution in [2.75, 3.05) is 13.2 Å². The quantitative estimate of drug-likeness (QED) is 0.164. The zero-order chi connectivity index (χ0) is 21.8. The zero-order valence-electron chi connectivity index (χ0n) is 18.1. The second-order valence-corrected chi connectivity index (χ2v) is 8.89. The lowest BCUT2D eigenvalue weighted by molar-refractivity contribution is -0.343. The van der Waals surface area contributed by atoms with Crippen LogP contribution < -0.4 is 9.79 Å². The number of esters is 1. The Morgan fingerprint density at radius 3 is 1.62 bits per heavy atom. The molecule has 7 nitrogen and oxygen atoms in total. The van der Waals surface area contributed by atoms with Crippen LogP contribution >= 0.6 is 7.82 Å². The Morgan fingerprint density at radius 1 is 0.828 bits per heavy atom. The number of carbonyl (C=O) groups excluding carboxylic acids is 1. The van der Waals surface area contributed by atoms with E-state index < -0.39 is 33.1 Å². The summed E-state index contributed by atoms with van der Waals surface area (Å²) in [6.45, 7) is 1.01. The molecule has 0 saturated carbocycles. The highest BCUT2D eigenvalue weighted by Crippen LogP contribution is 2.24. The molecule has 0 aromatic heterocycles. The van der Waals surface area contributed by atoms with Gasteiger partial charge in [-0.15, -0.1) is 0 Å². The first-order valence-electron chi connectivity index (χ1n) is 11.4. The van der Waals surface area contributed by atoms with E-state index in [1.165, 1.54) is 77.0 Å². The maximum Gasteiger partial charge on any atom is 0.306 e. The number of aliphatic hydroxyl groups is 1. The largest absolute Gasteiger partial charge is 0.790 e. The molecule has 29 heavy (non-hydrogen) atoms. The predicted octanol–water partition coefficient (Wildman–Crippen LogP) is 4.00. The molecular weight excluding hydrogens is 395 g/mol. The van der Waals surface area contributed by atoms with Crippen molar-refractivity contribution in [1.29, 1.82) is 0 Å². The van der Waals surface area contributed by atoms with E-state index in [0.29, 0.717) is 6.42 Å². The summed E-state index contributed by atoms with van der Waals surface area (Å²) in [7, 11) is -5.13. The summed E-state index contributed by atoms with van der Waals surface area (Å²) in [5, 5.41) is 9.02. The molecular formula is C21H41O7P-2. The molecule has 0 radical (unpaired) electrons. The number of hydrogen-bond acceptors (Lipinski definition) is 7. The summed E-state index contributed by atoms with van der Waals surface area (Å²) in [5.41, 5.74) is 0. The monoisotopic (exact) mass is 436 g/mol. The van der Waals surface area contributed by atoms with Crippen molar-refractivity contribution in [1.82, 2.24) is 0 Å². The molecule has 0 saturated heterocycles. The molecule has 0 fully saturated rings. The Kier molecular flexibility index (Phi) is 19.2. The van der Waals surface area contributed by atoms with Crippen molar-refractivity contribution >= 4 is 13.8 Å². The van der Waals surface area contributed by atoms with E-state index in [1.807, 2.05) is 0 Å². The van der Waals surface area contributed by atoms with Crippen LogP contribution in [0.25, 0.3) is 0 Å². The van der Waals surface area contributed by atoms with Crippen molar-refractivity contribution in [3.63, 3.8) is 0 Å². The molecule has 0 rings (SSSR count).